The van der Waals surface area contributed by atoms with E-state index < -0.39 is 0 Å². The minimum absolute atomic E-state index is 0.183. The van der Waals surface area contributed by atoms with Gasteiger partial charge in [-0.2, -0.15) is 0 Å². The minimum atomic E-state index is 0.183. The summed E-state index contributed by atoms with van der Waals surface area (Å²) in [6.07, 6.45) is 0. The van der Waals surface area contributed by atoms with E-state index in [2.05, 4.69) is 168 Å². The third-order valence-electron chi connectivity index (χ3n) is 6.19. The van der Waals surface area contributed by atoms with E-state index >= 15 is 0 Å². The van der Waals surface area contributed by atoms with Gasteiger partial charge in [0, 0.05) is 0 Å². The lowest BCUT2D eigenvalue weighted by Crippen LogP contribution is -2.33. The normalized spacial score (nSPS) is 11.6. The molecule has 0 aliphatic carbocycles. The lowest BCUT2D eigenvalue weighted by atomic mass is 9.51. The van der Waals surface area contributed by atoms with E-state index in [0.29, 0.717) is 0 Å². The van der Waals surface area contributed by atoms with Gasteiger partial charge in [-0.3, -0.25) is 0 Å². The molecule has 36 heavy (non-hydrogen) atoms. The van der Waals surface area contributed by atoms with Gasteiger partial charge >= 0.3 is 0 Å². The van der Waals surface area contributed by atoms with Crippen LogP contribution in [-0.4, -0.2) is 29.1 Å². The van der Waals surface area contributed by atoms with Crippen LogP contribution in [0.2, 0.25) is 5.31 Å². The predicted octanol–water partition coefficient (Wildman–Crippen LogP) is 2.50. The summed E-state index contributed by atoms with van der Waals surface area (Å²) < 4.78 is 0. The molecule has 0 bridgehead atoms. The first kappa shape index (κ1) is 26.2. The van der Waals surface area contributed by atoms with Crippen molar-refractivity contribution in [2.24, 2.45) is 0 Å². The first-order valence-electron chi connectivity index (χ1n) is 12.8. The molecule has 0 aliphatic rings. The molecule has 0 aromatic heterocycles. The fourth-order valence-electron chi connectivity index (χ4n) is 4.22. The zero-order valence-corrected chi connectivity index (χ0v) is 22.5. The minimum Gasteiger partial charge on any atom is -0.0872 e. The Hall–Kier alpha value is -2.86. The monoisotopic (exact) mass is 462 g/mol. The number of hydrogen-bond donors (Lipinski definition) is 0. The highest BCUT2D eigenvalue weighted by Crippen LogP contribution is 2.20. The van der Waals surface area contributed by atoms with Crippen LogP contribution >= 0.6 is 0 Å². The summed E-state index contributed by atoms with van der Waals surface area (Å²) in [4.78, 5) is 0. The van der Waals surface area contributed by atoms with Gasteiger partial charge in [0.25, 0.3) is 0 Å². The zero-order valence-electron chi connectivity index (χ0n) is 22.5. The van der Waals surface area contributed by atoms with Gasteiger partial charge in [0.05, 0.1) is 0 Å². The van der Waals surface area contributed by atoms with Gasteiger partial charge in [-0.25, -0.2) is 0 Å². The summed E-state index contributed by atoms with van der Waals surface area (Å²) >= 11 is 0. The topological polar surface area (TPSA) is 0 Å². The van der Waals surface area contributed by atoms with E-state index in [1.807, 2.05) is 0 Å². The Balaban J connectivity index is 1.31. The SMILES string of the molecule is CC(C)(C)[B]c1ccc([B]c2ccc([B]c3ccc([B]c4ccc(C(C)(C)C)cc4)cc3)cc2)cc1. The maximum Gasteiger partial charge on any atom is 0.191 e. The molecule has 4 radical (unpaired) electrons. The van der Waals surface area contributed by atoms with Crippen LogP contribution in [0.5, 0.6) is 0 Å². The van der Waals surface area contributed by atoms with Crippen molar-refractivity contribution in [3.63, 3.8) is 0 Å². The zero-order chi connectivity index (χ0) is 25.8. The van der Waals surface area contributed by atoms with Gasteiger partial charge in [0.2, 0.25) is 0 Å². The van der Waals surface area contributed by atoms with Crippen molar-refractivity contribution >= 4 is 67.4 Å². The third kappa shape index (κ3) is 7.82. The Bertz CT molecular complexity index is 1240. The Kier molecular flexibility index (Phi) is 8.04. The number of benzene rings is 4. The summed E-state index contributed by atoms with van der Waals surface area (Å²) in [6, 6.07) is 35.1. The van der Waals surface area contributed by atoms with E-state index in [9.17, 15) is 0 Å². The van der Waals surface area contributed by atoms with Gasteiger partial charge in [-0.05, 0) is 11.0 Å². The molecule has 0 fully saturated rings. The number of rotatable bonds is 7. The van der Waals surface area contributed by atoms with Crippen molar-refractivity contribution in [1.29, 1.82) is 0 Å². The van der Waals surface area contributed by atoms with Crippen molar-refractivity contribution in [1.82, 2.24) is 0 Å². The molecule has 0 saturated heterocycles. The summed E-state index contributed by atoms with van der Waals surface area (Å²) in [5.41, 5.74) is 10.1. The van der Waals surface area contributed by atoms with Crippen molar-refractivity contribution in [3.05, 3.63) is 103 Å². The standard InChI is InChI=1S/C32H34B4/c1-31(2,3)23-7-9-24(10-8-23)33-25-11-13-26(14-12-25)34-27-15-17-28(18-16-27)35-29-19-21-30(22-20-29)36-32(4,5)6/h7-22H,1-6H3. The fourth-order valence-corrected chi connectivity index (χ4v) is 4.22. The second-order valence-corrected chi connectivity index (χ2v) is 11.8. The molecule has 0 atom stereocenters. The fraction of sp³-hybridized carbons (Fsp3) is 0.250. The van der Waals surface area contributed by atoms with Gasteiger partial charge < -0.3 is 0 Å². The Morgan fingerprint density at radius 2 is 0.611 bits per heavy atom. The molecule has 0 N–H and O–H groups in total. The van der Waals surface area contributed by atoms with Crippen LogP contribution in [0.15, 0.2) is 97.1 Å². The van der Waals surface area contributed by atoms with Gasteiger partial charge in [-0.1, -0.05) is 182 Å². The smallest absolute Gasteiger partial charge is 0.0872 e. The number of hydrogen-bond acceptors (Lipinski definition) is 0. The molecular formula is C32H34B4. The van der Waals surface area contributed by atoms with Crippen LogP contribution in [0, 0.1) is 0 Å². The Morgan fingerprint density at radius 1 is 0.361 bits per heavy atom. The predicted molar refractivity (Wildman–Crippen MR) is 165 cm³/mol. The van der Waals surface area contributed by atoms with Crippen LogP contribution in [0.25, 0.3) is 0 Å². The summed E-state index contributed by atoms with van der Waals surface area (Å²) in [6.45, 7) is 13.4. The molecule has 0 spiro atoms. The van der Waals surface area contributed by atoms with Crippen LogP contribution in [-0.2, 0) is 5.41 Å². The molecule has 4 rings (SSSR count). The second-order valence-electron chi connectivity index (χ2n) is 11.8. The maximum atomic E-state index is 2.30. The van der Waals surface area contributed by atoms with Crippen LogP contribution in [0.3, 0.4) is 0 Å². The molecule has 4 aromatic carbocycles. The van der Waals surface area contributed by atoms with Crippen LogP contribution in [0.1, 0.15) is 47.1 Å². The quantitative estimate of drug-likeness (QED) is 0.371. The lowest BCUT2D eigenvalue weighted by molar-refractivity contribution is 0.590. The molecule has 0 saturated carbocycles. The molecule has 174 valence electrons. The molecule has 4 aromatic rings. The van der Waals surface area contributed by atoms with E-state index in [1.54, 1.807) is 0 Å². The van der Waals surface area contributed by atoms with Gasteiger partial charge in [-0.15, -0.1) is 0 Å². The second kappa shape index (κ2) is 11.0. The van der Waals surface area contributed by atoms with E-state index in [0.717, 1.165) is 0 Å². The molecule has 0 amide bonds. The maximum absolute atomic E-state index is 2.30. The molecule has 0 unspecified atom stereocenters. The summed E-state index contributed by atoms with van der Waals surface area (Å²) in [5.74, 6) is 0. The third-order valence-corrected chi connectivity index (χ3v) is 6.19. The Morgan fingerprint density at radius 3 is 0.861 bits per heavy atom. The first-order valence-corrected chi connectivity index (χ1v) is 12.8. The molecule has 0 heterocycles. The molecule has 0 aliphatic heterocycles. The largest absolute Gasteiger partial charge is 0.191 e. The van der Waals surface area contributed by atoms with E-state index in [-0.39, 0.29) is 10.7 Å². The van der Waals surface area contributed by atoms with Crippen molar-refractivity contribution < 1.29 is 0 Å². The highest BCUT2D eigenvalue weighted by molar-refractivity contribution is 6.70. The molecular weight excluding hydrogens is 428 g/mol. The van der Waals surface area contributed by atoms with Crippen LogP contribution < -0.4 is 38.2 Å². The lowest BCUT2D eigenvalue weighted by Gasteiger charge is -2.19. The van der Waals surface area contributed by atoms with Crippen molar-refractivity contribution in [3.8, 4) is 0 Å². The summed E-state index contributed by atoms with van der Waals surface area (Å²) in [5, 5.41) is 0.189. The van der Waals surface area contributed by atoms with E-state index in [4.69, 9.17) is 0 Å². The Labute approximate surface area is 221 Å². The average Bonchev–Trinajstić information content (AvgIpc) is 2.82. The van der Waals surface area contributed by atoms with Gasteiger partial charge in [0.1, 0.15) is 0 Å². The first-order chi connectivity index (χ1) is 17.0. The van der Waals surface area contributed by atoms with E-state index in [1.165, 1.54) is 43.8 Å². The van der Waals surface area contributed by atoms with Crippen molar-refractivity contribution in [2.75, 3.05) is 0 Å². The van der Waals surface area contributed by atoms with Crippen LogP contribution in [0.4, 0.5) is 0 Å². The molecule has 4 heteroatoms. The van der Waals surface area contributed by atoms with Gasteiger partial charge in [0.15, 0.2) is 29.1 Å². The molecule has 0 nitrogen and oxygen atoms in total. The average molecular weight is 462 g/mol. The van der Waals surface area contributed by atoms with Crippen molar-refractivity contribution in [2.45, 2.75) is 52.3 Å². The summed E-state index contributed by atoms with van der Waals surface area (Å²) in [7, 11) is 8.98. The highest BCUT2D eigenvalue weighted by Gasteiger charge is 2.14. The highest BCUT2D eigenvalue weighted by atomic mass is 14.2.